The second-order valence-corrected chi connectivity index (χ2v) is 1.58. The molecule has 0 saturated heterocycles. The van der Waals surface area contributed by atoms with Crippen LogP contribution < -0.4 is 0 Å². The van der Waals surface area contributed by atoms with Crippen LogP contribution in [0.1, 0.15) is 0 Å². The molecule has 0 aliphatic carbocycles. The average Bonchev–Trinajstić information content (AvgIpc) is 1.90. The number of aliphatic carboxylic acids is 1. The molecule has 0 radical (unpaired) electrons. The van der Waals surface area contributed by atoms with Crippen molar-refractivity contribution in [3.05, 3.63) is 0 Å². The first-order chi connectivity index (χ1) is 4.63. The van der Waals surface area contributed by atoms with Crippen molar-refractivity contribution in [2.45, 2.75) is 6.10 Å². The molecule has 0 aromatic rings. The summed E-state index contributed by atoms with van der Waals surface area (Å²) in [4.78, 5) is 20.3. The summed E-state index contributed by atoms with van der Waals surface area (Å²) in [6.45, 7) is -0.609. The minimum atomic E-state index is -1.60. The van der Waals surface area contributed by atoms with Crippen LogP contribution in [-0.2, 0) is 14.3 Å². The van der Waals surface area contributed by atoms with Crippen LogP contribution in [0.5, 0.6) is 0 Å². The number of rotatable bonds is 4. The largest absolute Gasteiger partial charge is 0.475 e. The van der Waals surface area contributed by atoms with Crippen LogP contribution in [0.3, 0.4) is 0 Å². The maximum atomic E-state index is 10.4. The van der Waals surface area contributed by atoms with Crippen molar-refractivity contribution in [3.8, 4) is 0 Å². The number of hydrogen-bond acceptors (Lipinski definition) is 4. The van der Waals surface area contributed by atoms with Gasteiger partial charge in [-0.15, -0.1) is 0 Å². The van der Waals surface area contributed by atoms with Crippen molar-refractivity contribution in [3.63, 3.8) is 0 Å². The molecule has 1 atom stereocenters. The van der Waals surface area contributed by atoms with E-state index in [1.165, 1.54) is 0 Å². The Labute approximate surface area is 57.2 Å². The SMILES string of the molecule is COC(CO)C(=O)C(=O)O. The summed E-state index contributed by atoms with van der Waals surface area (Å²) in [5.74, 6) is -2.73. The predicted octanol–water partition coefficient (Wildman–Crippen LogP) is -1.35. The molecule has 2 N–H and O–H groups in total. The monoisotopic (exact) mass is 148 g/mol. The van der Waals surface area contributed by atoms with Gasteiger partial charge in [-0.25, -0.2) is 4.79 Å². The summed E-state index contributed by atoms with van der Waals surface area (Å²) in [6, 6.07) is 0. The van der Waals surface area contributed by atoms with Crippen LogP contribution in [0.15, 0.2) is 0 Å². The molecule has 0 amide bonds. The molecule has 0 rings (SSSR count). The van der Waals surface area contributed by atoms with E-state index in [-0.39, 0.29) is 0 Å². The Morgan fingerprint density at radius 3 is 2.20 bits per heavy atom. The van der Waals surface area contributed by atoms with Gasteiger partial charge in [-0.2, -0.15) is 0 Å². The molecule has 10 heavy (non-hydrogen) atoms. The number of Topliss-reactive ketones (excluding diaryl/α,β-unsaturated/α-hetero) is 1. The Balaban J connectivity index is 4.02. The van der Waals surface area contributed by atoms with E-state index in [1.807, 2.05) is 0 Å². The maximum absolute atomic E-state index is 10.4. The summed E-state index contributed by atoms with van der Waals surface area (Å²) in [5, 5.41) is 16.4. The first-order valence-corrected chi connectivity index (χ1v) is 2.54. The second-order valence-electron chi connectivity index (χ2n) is 1.58. The van der Waals surface area contributed by atoms with Crippen molar-refractivity contribution in [1.29, 1.82) is 0 Å². The number of carboxylic acid groups (broad SMARTS) is 1. The summed E-state index contributed by atoms with van der Waals surface area (Å²) in [6.07, 6.45) is -1.24. The zero-order valence-electron chi connectivity index (χ0n) is 5.40. The molecule has 0 spiro atoms. The Morgan fingerprint density at radius 1 is 1.60 bits per heavy atom. The van der Waals surface area contributed by atoms with Crippen LogP contribution >= 0.6 is 0 Å². The van der Waals surface area contributed by atoms with E-state index < -0.39 is 24.5 Å². The van der Waals surface area contributed by atoms with Crippen molar-refractivity contribution in [2.24, 2.45) is 0 Å². The van der Waals surface area contributed by atoms with E-state index in [4.69, 9.17) is 10.2 Å². The van der Waals surface area contributed by atoms with Gasteiger partial charge in [0, 0.05) is 7.11 Å². The van der Waals surface area contributed by atoms with Gasteiger partial charge < -0.3 is 14.9 Å². The van der Waals surface area contributed by atoms with E-state index in [2.05, 4.69) is 4.74 Å². The fourth-order valence-corrected chi connectivity index (χ4v) is 0.402. The average molecular weight is 148 g/mol. The minimum absolute atomic E-state index is 0.609. The predicted molar refractivity (Wildman–Crippen MR) is 30.5 cm³/mol. The highest BCUT2D eigenvalue weighted by Gasteiger charge is 2.23. The molecule has 5 nitrogen and oxygen atoms in total. The molecule has 5 heteroatoms. The van der Waals surface area contributed by atoms with Gasteiger partial charge in [0.1, 0.15) is 6.10 Å². The first-order valence-electron chi connectivity index (χ1n) is 2.54. The molecule has 58 valence electrons. The van der Waals surface area contributed by atoms with Crippen LogP contribution in [0, 0.1) is 0 Å². The number of methoxy groups -OCH3 is 1. The number of ether oxygens (including phenoxy) is 1. The molecule has 0 saturated carbocycles. The van der Waals surface area contributed by atoms with E-state index in [0.717, 1.165) is 7.11 Å². The molecule has 0 fully saturated rings. The number of aliphatic hydroxyl groups excluding tert-OH is 1. The van der Waals surface area contributed by atoms with Crippen molar-refractivity contribution < 1.29 is 24.5 Å². The van der Waals surface area contributed by atoms with Gasteiger partial charge in [-0.3, -0.25) is 4.79 Å². The highest BCUT2D eigenvalue weighted by Crippen LogP contribution is 1.89. The molecule has 0 heterocycles. The molecule has 0 aromatic heterocycles. The van der Waals surface area contributed by atoms with Crippen LogP contribution in [0.4, 0.5) is 0 Å². The van der Waals surface area contributed by atoms with Gasteiger partial charge in [-0.05, 0) is 0 Å². The Hall–Kier alpha value is -0.940. The number of hydrogen-bond donors (Lipinski definition) is 2. The zero-order valence-corrected chi connectivity index (χ0v) is 5.40. The lowest BCUT2D eigenvalue weighted by Crippen LogP contribution is -2.32. The van der Waals surface area contributed by atoms with Gasteiger partial charge in [0.05, 0.1) is 6.61 Å². The summed E-state index contributed by atoms with van der Waals surface area (Å²) >= 11 is 0. The van der Waals surface area contributed by atoms with Gasteiger partial charge >= 0.3 is 5.97 Å². The number of carboxylic acids is 1. The molecule has 0 bridgehead atoms. The Morgan fingerprint density at radius 2 is 2.10 bits per heavy atom. The van der Waals surface area contributed by atoms with Crippen LogP contribution in [0.2, 0.25) is 0 Å². The topological polar surface area (TPSA) is 83.8 Å². The maximum Gasteiger partial charge on any atom is 0.375 e. The van der Waals surface area contributed by atoms with Crippen LogP contribution in [-0.4, -0.2) is 41.8 Å². The second kappa shape index (κ2) is 3.97. The minimum Gasteiger partial charge on any atom is -0.475 e. The number of ketones is 1. The van der Waals surface area contributed by atoms with E-state index >= 15 is 0 Å². The highest BCUT2D eigenvalue weighted by molar-refractivity contribution is 6.34. The molecular formula is C5H8O5. The Kier molecular flexibility index (Phi) is 3.60. The van der Waals surface area contributed by atoms with Crippen molar-refractivity contribution in [1.82, 2.24) is 0 Å². The lowest BCUT2D eigenvalue weighted by molar-refractivity contribution is -0.155. The number of carbonyl (C=O) groups excluding carboxylic acids is 1. The standard InChI is InChI=1S/C5H8O5/c1-10-3(2-6)4(7)5(8)9/h3,6H,2H2,1H3,(H,8,9). The van der Waals surface area contributed by atoms with Gasteiger partial charge in [0.25, 0.3) is 5.78 Å². The summed E-state index contributed by atoms with van der Waals surface area (Å²) < 4.78 is 4.34. The van der Waals surface area contributed by atoms with E-state index in [1.54, 1.807) is 0 Å². The van der Waals surface area contributed by atoms with Gasteiger partial charge in [-0.1, -0.05) is 0 Å². The molecule has 0 aliphatic heterocycles. The fraction of sp³-hybridized carbons (Fsp3) is 0.600. The summed E-state index contributed by atoms with van der Waals surface area (Å²) in [5.41, 5.74) is 0. The van der Waals surface area contributed by atoms with E-state index in [0.29, 0.717) is 0 Å². The van der Waals surface area contributed by atoms with Crippen LogP contribution in [0.25, 0.3) is 0 Å². The fourth-order valence-electron chi connectivity index (χ4n) is 0.402. The Bertz CT molecular complexity index is 137. The van der Waals surface area contributed by atoms with Gasteiger partial charge in [0.2, 0.25) is 0 Å². The summed E-state index contributed by atoms with van der Waals surface area (Å²) in [7, 11) is 1.15. The van der Waals surface area contributed by atoms with Crippen molar-refractivity contribution in [2.75, 3.05) is 13.7 Å². The zero-order chi connectivity index (χ0) is 8.15. The number of aliphatic hydroxyl groups is 1. The molecule has 1 unspecified atom stereocenters. The lowest BCUT2D eigenvalue weighted by Gasteiger charge is -2.05. The smallest absolute Gasteiger partial charge is 0.375 e. The lowest BCUT2D eigenvalue weighted by atomic mass is 10.2. The first kappa shape index (κ1) is 9.06. The van der Waals surface area contributed by atoms with Gasteiger partial charge in [0.15, 0.2) is 0 Å². The number of carbonyl (C=O) groups is 2. The quantitative estimate of drug-likeness (QED) is 0.481. The third-order valence-electron chi connectivity index (χ3n) is 0.954. The molecular weight excluding hydrogens is 140 g/mol. The van der Waals surface area contributed by atoms with Crippen molar-refractivity contribution >= 4 is 11.8 Å². The molecule has 0 aromatic carbocycles. The third-order valence-corrected chi connectivity index (χ3v) is 0.954. The molecule has 0 aliphatic rings. The normalized spacial score (nSPS) is 12.6. The van der Waals surface area contributed by atoms with E-state index in [9.17, 15) is 9.59 Å². The highest BCUT2D eigenvalue weighted by atomic mass is 16.5. The third kappa shape index (κ3) is 2.12.